The fraction of sp³-hybridized carbons (Fsp3) is 0.250. The standard InChI is InChI=1S/C12H14O3/c1-2-8-12(15,11(13)14)9-10-6-4-3-5-7-10/h2-7,15H,1,8-9H2,(H,13,14). The van der Waals surface area contributed by atoms with Crippen LogP contribution in [0.5, 0.6) is 0 Å². The Kier molecular flexibility index (Phi) is 3.63. The minimum Gasteiger partial charge on any atom is -0.479 e. The van der Waals surface area contributed by atoms with Crippen molar-refractivity contribution in [2.45, 2.75) is 18.4 Å². The molecule has 2 N–H and O–H groups in total. The highest BCUT2D eigenvalue weighted by molar-refractivity contribution is 5.77. The Bertz CT molecular complexity index is 345. The van der Waals surface area contributed by atoms with Crippen molar-refractivity contribution in [1.82, 2.24) is 0 Å². The number of benzene rings is 1. The lowest BCUT2D eigenvalue weighted by molar-refractivity contribution is -0.158. The second kappa shape index (κ2) is 4.75. The van der Waals surface area contributed by atoms with Crippen molar-refractivity contribution in [3.8, 4) is 0 Å². The van der Waals surface area contributed by atoms with Crippen LogP contribution in [0.1, 0.15) is 12.0 Å². The van der Waals surface area contributed by atoms with Gasteiger partial charge in [0.15, 0.2) is 5.60 Å². The third-order valence-electron chi connectivity index (χ3n) is 2.22. The molecule has 0 heterocycles. The van der Waals surface area contributed by atoms with Crippen LogP contribution in [0.15, 0.2) is 43.0 Å². The van der Waals surface area contributed by atoms with Crippen LogP contribution in [0.4, 0.5) is 0 Å². The number of aliphatic carboxylic acids is 1. The third-order valence-corrected chi connectivity index (χ3v) is 2.22. The Labute approximate surface area is 88.7 Å². The van der Waals surface area contributed by atoms with Crippen molar-refractivity contribution in [2.75, 3.05) is 0 Å². The largest absolute Gasteiger partial charge is 0.479 e. The molecule has 1 rings (SSSR count). The topological polar surface area (TPSA) is 57.5 Å². The number of aliphatic hydroxyl groups is 1. The molecule has 1 aromatic rings. The summed E-state index contributed by atoms with van der Waals surface area (Å²) < 4.78 is 0. The lowest BCUT2D eigenvalue weighted by atomic mass is 9.91. The van der Waals surface area contributed by atoms with Crippen molar-refractivity contribution in [2.24, 2.45) is 0 Å². The summed E-state index contributed by atoms with van der Waals surface area (Å²) in [7, 11) is 0. The molecule has 15 heavy (non-hydrogen) atoms. The molecular weight excluding hydrogens is 192 g/mol. The Morgan fingerprint density at radius 1 is 1.40 bits per heavy atom. The number of carboxylic acid groups (broad SMARTS) is 1. The van der Waals surface area contributed by atoms with Crippen molar-refractivity contribution >= 4 is 5.97 Å². The normalized spacial score (nSPS) is 14.2. The van der Waals surface area contributed by atoms with E-state index >= 15 is 0 Å². The summed E-state index contributed by atoms with van der Waals surface area (Å²) in [6.45, 7) is 3.45. The highest BCUT2D eigenvalue weighted by Crippen LogP contribution is 2.18. The molecule has 0 spiro atoms. The first kappa shape index (κ1) is 11.5. The van der Waals surface area contributed by atoms with Crippen LogP contribution < -0.4 is 0 Å². The maximum absolute atomic E-state index is 10.9. The van der Waals surface area contributed by atoms with Gasteiger partial charge in [-0.1, -0.05) is 36.4 Å². The molecule has 80 valence electrons. The van der Waals surface area contributed by atoms with E-state index in [0.29, 0.717) is 0 Å². The van der Waals surface area contributed by atoms with E-state index in [9.17, 15) is 9.90 Å². The highest BCUT2D eigenvalue weighted by atomic mass is 16.4. The molecule has 3 nitrogen and oxygen atoms in total. The number of hydrogen-bond acceptors (Lipinski definition) is 2. The van der Waals surface area contributed by atoms with Gasteiger partial charge < -0.3 is 10.2 Å². The molecule has 1 unspecified atom stereocenters. The van der Waals surface area contributed by atoms with E-state index in [1.54, 1.807) is 12.1 Å². The number of carbonyl (C=O) groups is 1. The molecule has 3 heteroatoms. The Balaban J connectivity index is 2.84. The van der Waals surface area contributed by atoms with Gasteiger partial charge in [0.25, 0.3) is 0 Å². The molecule has 0 aliphatic heterocycles. The lowest BCUT2D eigenvalue weighted by Crippen LogP contribution is -2.40. The van der Waals surface area contributed by atoms with Crippen LogP contribution in [-0.2, 0) is 11.2 Å². The molecule has 0 radical (unpaired) electrons. The minimum absolute atomic E-state index is 0.0389. The van der Waals surface area contributed by atoms with Crippen LogP contribution in [0.3, 0.4) is 0 Å². The van der Waals surface area contributed by atoms with Gasteiger partial charge >= 0.3 is 5.97 Å². The van der Waals surface area contributed by atoms with Gasteiger partial charge in [-0.25, -0.2) is 4.79 Å². The zero-order valence-corrected chi connectivity index (χ0v) is 8.39. The Hall–Kier alpha value is -1.61. The van der Waals surface area contributed by atoms with Gasteiger partial charge in [0, 0.05) is 12.8 Å². The zero-order valence-electron chi connectivity index (χ0n) is 8.39. The maximum atomic E-state index is 10.9. The van der Waals surface area contributed by atoms with E-state index in [4.69, 9.17) is 5.11 Å². The second-order valence-electron chi connectivity index (χ2n) is 3.49. The fourth-order valence-electron chi connectivity index (χ4n) is 1.41. The lowest BCUT2D eigenvalue weighted by Gasteiger charge is -2.21. The van der Waals surface area contributed by atoms with Gasteiger partial charge in [-0.2, -0.15) is 0 Å². The summed E-state index contributed by atoms with van der Waals surface area (Å²) in [4.78, 5) is 10.9. The van der Waals surface area contributed by atoms with Gasteiger partial charge in [0.05, 0.1) is 0 Å². The predicted octanol–water partition coefficient (Wildman–Crippen LogP) is 1.62. The molecule has 1 aromatic carbocycles. The Morgan fingerprint density at radius 3 is 2.47 bits per heavy atom. The number of carboxylic acids is 1. The van der Waals surface area contributed by atoms with E-state index in [0.717, 1.165) is 5.56 Å². The molecule has 0 aliphatic carbocycles. The first-order valence-corrected chi connectivity index (χ1v) is 4.69. The van der Waals surface area contributed by atoms with Crippen LogP contribution >= 0.6 is 0 Å². The first-order valence-electron chi connectivity index (χ1n) is 4.69. The van der Waals surface area contributed by atoms with Crippen molar-refractivity contribution in [1.29, 1.82) is 0 Å². The monoisotopic (exact) mass is 206 g/mol. The molecule has 0 amide bonds. The number of hydrogen-bond donors (Lipinski definition) is 2. The zero-order chi connectivity index (χ0) is 11.3. The van der Waals surface area contributed by atoms with Crippen molar-refractivity contribution < 1.29 is 15.0 Å². The summed E-state index contributed by atoms with van der Waals surface area (Å²) in [5.74, 6) is -1.22. The van der Waals surface area contributed by atoms with Gasteiger partial charge in [-0.15, -0.1) is 6.58 Å². The van der Waals surface area contributed by atoms with Crippen LogP contribution in [0, 0.1) is 0 Å². The number of rotatable bonds is 5. The smallest absolute Gasteiger partial charge is 0.336 e. The Morgan fingerprint density at radius 2 is 2.00 bits per heavy atom. The molecular formula is C12H14O3. The van der Waals surface area contributed by atoms with E-state index in [1.807, 2.05) is 18.2 Å². The SMILES string of the molecule is C=CCC(O)(Cc1ccccc1)C(=O)O. The average Bonchev–Trinajstić information content (AvgIpc) is 2.19. The third kappa shape index (κ3) is 2.92. The highest BCUT2D eigenvalue weighted by Gasteiger charge is 2.34. The van der Waals surface area contributed by atoms with Gasteiger partial charge in [0.1, 0.15) is 0 Å². The average molecular weight is 206 g/mol. The van der Waals surface area contributed by atoms with Gasteiger partial charge in [-0.3, -0.25) is 0 Å². The van der Waals surface area contributed by atoms with Crippen molar-refractivity contribution in [3.05, 3.63) is 48.6 Å². The summed E-state index contributed by atoms with van der Waals surface area (Å²) >= 11 is 0. The van der Waals surface area contributed by atoms with Gasteiger partial charge in [0.2, 0.25) is 0 Å². The van der Waals surface area contributed by atoms with E-state index in [1.165, 1.54) is 6.08 Å². The molecule has 0 aliphatic rings. The van der Waals surface area contributed by atoms with Crippen LogP contribution in [0.25, 0.3) is 0 Å². The first-order chi connectivity index (χ1) is 7.08. The maximum Gasteiger partial charge on any atom is 0.336 e. The van der Waals surface area contributed by atoms with Gasteiger partial charge in [-0.05, 0) is 5.56 Å². The molecule has 0 fully saturated rings. The molecule has 1 atom stereocenters. The quantitative estimate of drug-likeness (QED) is 0.720. The summed E-state index contributed by atoms with van der Waals surface area (Å²) in [6.07, 6.45) is 1.55. The summed E-state index contributed by atoms with van der Waals surface area (Å²) in [5, 5.41) is 18.8. The van der Waals surface area contributed by atoms with Crippen LogP contribution in [0.2, 0.25) is 0 Å². The molecule has 0 saturated heterocycles. The summed E-state index contributed by atoms with van der Waals surface area (Å²) in [6, 6.07) is 9.04. The fourth-order valence-corrected chi connectivity index (χ4v) is 1.41. The summed E-state index contributed by atoms with van der Waals surface area (Å²) in [5.41, 5.74) is -0.951. The molecule has 0 saturated carbocycles. The van der Waals surface area contributed by atoms with Crippen molar-refractivity contribution in [3.63, 3.8) is 0 Å². The predicted molar refractivity (Wildman–Crippen MR) is 57.5 cm³/mol. The minimum atomic E-state index is -1.75. The van der Waals surface area contributed by atoms with Crippen LogP contribution in [-0.4, -0.2) is 21.8 Å². The van der Waals surface area contributed by atoms with E-state index in [2.05, 4.69) is 6.58 Å². The van der Waals surface area contributed by atoms with E-state index in [-0.39, 0.29) is 12.8 Å². The van der Waals surface area contributed by atoms with E-state index < -0.39 is 11.6 Å². The second-order valence-corrected chi connectivity index (χ2v) is 3.49. The molecule has 0 aromatic heterocycles. The molecule has 0 bridgehead atoms.